The van der Waals surface area contributed by atoms with Gasteiger partial charge in [-0.05, 0) is 0 Å². The van der Waals surface area contributed by atoms with Crippen LogP contribution >= 0.6 is 0 Å². The molecule has 1 heterocycles. The number of rotatable bonds is 4. The van der Waals surface area contributed by atoms with Crippen molar-refractivity contribution < 1.29 is 0 Å². The van der Waals surface area contributed by atoms with Crippen molar-refractivity contribution in [1.29, 1.82) is 0 Å². The van der Waals surface area contributed by atoms with Crippen molar-refractivity contribution in [3.8, 4) is 12.3 Å². The van der Waals surface area contributed by atoms with Crippen LogP contribution < -0.4 is 5.32 Å². The topological polar surface area (TPSA) is 42.7 Å². The Morgan fingerprint density at radius 1 is 1.75 bits per heavy atom. The zero-order valence-corrected chi connectivity index (χ0v) is 7.12. The minimum Gasteiger partial charge on any atom is -0.310 e. The van der Waals surface area contributed by atoms with Crippen LogP contribution in [-0.4, -0.2) is 21.5 Å². The van der Waals surface area contributed by atoms with Gasteiger partial charge < -0.3 is 5.32 Å². The molecule has 0 saturated carbocycles. The first-order chi connectivity index (χ1) is 5.84. The first kappa shape index (κ1) is 8.75. The molecular formula is C8H12N4. The summed E-state index contributed by atoms with van der Waals surface area (Å²) in [5.41, 5.74) is 1.06. The third-order valence-corrected chi connectivity index (χ3v) is 1.56. The maximum atomic E-state index is 5.10. The lowest BCUT2D eigenvalue weighted by atomic mass is 10.4. The van der Waals surface area contributed by atoms with Crippen LogP contribution in [0.3, 0.4) is 0 Å². The Bertz CT molecular complexity index is 271. The largest absolute Gasteiger partial charge is 0.310 e. The van der Waals surface area contributed by atoms with Crippen LogP contribution in [0.2, 0.25) is 0 Å². The number of terminal acetylenes is 1. The average Bonchev–Trinajstić information content (AvgIpc) is 2.46. The second kappa shape index (κ2) is 4.52. The van der Waals surface area contributed by atoms with Gasteiger partial charge in [-0.25, -0.2) is 0 Å². The van der Waals surface area contributed by atoms with Crippen LogP contribution in [0.5, 0.6) is 0 Å². The molecule has 0 aliphatic carbocycles. The van der Waals surface area contributed by atoms with Gasteiger partial charge in [0.15, 0.2) is 0 Å². The standard InChI is InChI=1S/C8H12N4/c1-3-4-5-9-6-8-7-10-11-12(8)2/h1,7,9H,4-6H2,2H3. The molecule has 0 aromatic carbocycles. The second-order valence-corrected chi connectivity index (χ2v) is 2.48. The van der Waals surface area contributed by atoms with E-state index in [-0.39, 0.29) is 0 Å². The van der Waals surface area contributed by atoms with Crippen LogP contribution in [0.1, 0.15) is 12.1 Å². The third-order valence-electron chi connectivity index (χ3n) is 1.56. The molecule has 1 rings (SSSR count). The molecule has 12 heavy (non-hydrogen) atoms. The number of hydrogen-bond acceptors (Lipinski definition) is 3. The highest BCUT2D eigenvalue weighted by Crippen LogP contribution is 1.91. The SMILES string of the molecule is C#CCCNCc1cnnn1C. The Morgan fingerprint density at radius 3 is 3.17 bits per heavy atom. The van der Waals surface area contributed by atoms with E-state index < -0.39 is 0 Å². The smallest absolute Gasteiger partial charge is 0.0738 e. The highest BCUT2D eigenvalue weighted by atomic mass is 15.4. The van der Waals surface area contributed by atoms with E-state index in [0.29, 0.717) is 0 Å². The fourth-order valence-electron chi connectivity index (χ4n) is 0.848. The zero-order chi connectivity index (χ0) is 8.81. The van der Waals surface area contributed by atoms with Gasteiger partial charge in [0.1, 0.15) is 0 Å². The molecule has 4 heteroatoms. The van der Waals surface area contributed by atoms with E-state index in [0.717, 1.165) is 25.2 Å². The van der Waals surface area contributed by atoms with E-state index in [9.17, 15) is 0 Å². The summed E-state index contributed by atoms with van der Waals surface area (Å²) in [6, 6.07) is 0. The molecule has 1 aromatic rings. The van der Waals surface area contributed by atoms with Crippen LogP contribution in [0.4, 0.5) is 0 Å². The molecule has 0 bridgehead atoms. The first-order valence-electron chi connectivity index (χ1n) is 3.82. The normalized spacial score (nSPS) is 9.67. The predicted molar refractivity (Wildman–Crippen MR) is 46.2 cm³/mol. The summed E-state index contributed by atoms with van der Waals surface area (Å²) >= 11 is 0. The molecule has 0 saturated heterocycles. The predicted octanol–water partition coefficient (Wildman–Crippen LogP) is -0.0720. The molecular weight excluding hydrogens is 152 g/mol. The molecule has 0 radical (unpaired) electrons. The van der Waals surface area contributed by atoms with E-state index >= 15 is 0 Å². The quantitative estimate of drug-likeness (QED) is 0.500. The number of aryl methyl sites for hydroxylation is 1. The summed E-state index contributed by atoms with van der Waals surface area (Å²) in [6.45, 7) is 1.60. The molecule has 0 atom stereocenters. The van der Waals surface area contributed by atoms with Gasteiger partial charge in [-0.15, -0.1) is 17.4 Å². The highest BCUT2D eigenvalue weighted by Gasteiger charge is 1.96. The maximum absolute atomic E-state index is 5.10. The van der Waals surface area contributed by atoms with Gasteiger partial charge in [0.25, 0.3) is 0 Å². The summed E-state index contributed by atoms with van der Waals surface area (Å²) in [5, 5.41) is 10.7. The lowest BCUT2D eigenvalue weighted by molar-refractivity contribution is 0.622. The molecule has 0 amide bonds. The zero-order valence-electron chi connectivity index (χ0n) is 7.12. The minimum atomic E-state index is 0.755. The molecule has 0 aliphatic heterocycles. The van der Waals surface area contributed by atoms with Gasteiger partial charge >= 0.3 is 0 Å². The Kier molecular flexibility index (Phi) is 3.30. The van der Waals surface area contributed by atoms with E-state index in [1.54, 1.807) is 10.9 Å². The monoisotopic (exact) mass is 164 g/mol. The molecule has 1 N–H and O–H groups in total. The number of aromatic nitrogens is 3. The summed E-state index contributed by atoms with van der Waals surface area (Å²) < 4.78 is 1.74. The van der Waals surface area contributed by atoms with Gasteiger partial charge in [0.2, 0.25) is 0 Å². The summed E-state index contributed by atoms with van der Waals surface area (Å²) in [7, 11) is 1.87. The Labute approximate surface area is 72.0 Å². The summed E-state index contributed by atoms with van der Waals surface area (Å²) in [6.07, 6.45) is 7.59. The Morgan fingerprint density at radius 2 is 2.58 bits per heavy atom. The molecule has 0 unspecified atom stereocenters. The van der Waals surface area contributed by atoms with Gasteiger partial charge in [-0.2, -0.15) is 0 Å². The number of nitrogens with zero attached hydrogens (tertiary/aromatic N) is 3. The Balaban J connectivity index is 2.25. The third kappa shape index (κ3) is 2.36. The van der Waals surface area contributed by atoms with Crippen LogP contribution in [0.15, 0.2) is 6.20 Å². The second-order valence-electron chi connectivity index (χ2n) is 2.48. The number of hydrogen-bond donors (Lipinski definition) is 1. The van der Waals surface area contributed by atoms with Crippen molar-refractivity contribution >= 4 is 0 Å². The Hall–Kier alpha value is -1.34. The van der Waals surface area contributed by atoms with Crippen molar-refractivity contribution in [2.45, 2.75) is 13.0 Å². The highest BCUT2D eigenvalue weighted by molar-refractivity contribution is 4.92. The van der Waals surface area contributed by atoms with E-state index in [1.807, 2.05) is 7.05 Å². The maximum Gasteiger partial charge on any atom is 0.0738 e. The molecule has 0 aliphatic rings. The first-order valence-corrected chi connectivity index (χ1v) is 3.82. The van der Waals surface area contributed by atoms with Crippen molar-refractivity contribution in [3.05, 3.63) is 11.9 Å². The molecule has 64 valence electrons. The summed E-state index contributed by atoms with van der Waals surface area (Å²) in [5.74, 6) is 2.56. The number of nitrogens with one attached hydrogen (secondary N) is 1. The van der Waals surface area contributed by atoms with E-state index in [1.165, 1.54) is 0 Å². The van der Waals surface area contributed by atoms with Gasteiger partial charge in [0.05, 0.1) is 11.9 Å². The van der Waals surface area contributed by atoms with Gasteiger partial charge in [-0.3, -0.25) is 4.68 Å². The van der Waals surface area contributed by atoms with Crippen LogP contribution in [0.25, 0.3) is 0 Å². The summed E-state index contributed by atoms with van der Waals surface area (Å²) in [4.78, 5) is 0. The van der Waals surface area contributed by atoms with E-state index in [4.69, 9.17) is 6.42 Å². The van der Waals surface area contributed by atoms with Gasteiger partial charge in [-0.1, -0.05) is 5.21 Å². The molecule has 1 aromatic heterocycles. The molecule has 0 fully saturated rings. The molecule has 4 nitrogen and oxygen atoms in total. The average molecular weight is 164 g/mol. The fraction of sp³-hybridized carbons (Fsp3) is 0.500. The van der Waals surface area contributed by atoms with Crippen molar-refractivity contribution in [2.75, 3.05) is 6.54 Å². The lowest BCUT2D eigenvalue weighted by Crippen LogP contribution is -2.16. The van der Waals surface area contributed by atoms with Crippen molar-refractivity contribution in [1.82, 2.24) is 20.3 Å². The lowest BCUT2D eigenvalue weighted by Gasteiger charge is -2.00. The fourth-order valence-corrected chi connectivity index (χ4v) is 0.848. The molecule has 0 spiro atoms. The van der Waals surface area contributed by atoms with Crippen molar-refractivity contribution in [2.24, 2.45) is 7.05 Å². The van der Waals surface area contributed by atoms with E-state index in [2.05, 4.69) is 21.5 Å². The van der Waals surface area contributed by atoms with Crippen LogP contribution in [0, 0.1) is 12.3 Å². The van der Waals surface area contributed by atoms with Crippen molar-refractivity contribution in [3.63, 3.8) is 0 Å². The van der Waals surface area contributed by atoms with Crippen LogP contribution in [-0.2, 0) is 13.6 Å². The van der Waals surface area contributed by atoms with Gasteiger partial charge in [0, 0.05) is 26.6 Å². The minimum absolute atomic E-state index is 0.755.